The van der Waals surface area contributed by atoms with Crippen LogP contribution in [0.3, 0.4) is 0 Å². The van der Waals surface area contributed by atoms with Gasteiger partial charge in [-0.2, -0.15) is 5.26 Å². The van der Waals surface area contributed by atoms with Crippen LogP contribution in [0.4, 0.5) is 0 Å². The number of aromatic nitrogens is 1. The maximum absolute atomic E-state index is 8.72. The number of thiophene rings is 1. The van der Waals surface area contributed by atoms with E-state index in [0.717, 1.165) is 14.7 Å². The number of halogens is 2. The Balaban J connectivity index is 2.93. The van der Waals surface area contributed by atoms with E-state index in [9.17, 15) is 0 Å². The van der Waals surface area contributed by atoms with Gasteiger partial charge in [-0.05, 0) is 15.9 Å². The molecule has 2 aromatic heterocycles. The van der Waals surface area contributed by atoms with Gasteiger partial charge in [-0.3, -0.25) is 0 Å². The molecule has 0 aromatic carbocycles. The van der Waals surface area contributed by atoms with Crippen molar-refractivity contribution in [1.29, 1.82) is 5.26 Å². The molecule has 0 fully saturated rings. The molecule has 0 unspecified atom stereocenters. The lowest BCUT2D eigenvalue weighted by atomic mass is 10.2. The third-order valence-corrected chi connectivity index (χ3v) is 3.82. The van der Waals surface area contributed by atoms with Gasteiger partial charge in [0.2, 0.25) is 0 Å². The highest BCUT2D eigenvalue weighted by atomic mass is 79.9. The predicted molar refractivity (Wildman–Crippen MR) is 57.0 cm³/mol. The molecule has 0 aliphatic carbocycles. The Bertz CT molecular complexity index is 515. The van der Waals surface area contributed by atoms with Crippen LogP contribution in [-0.2, 0) is 0 Å². The van der Waals surface area contributed by atoms with Crippen molar-refractivity contribution in [2.24, 2.45) is 0 Å². The number of hydrogen-bond donors (Lipinski definition) is 0. The average molecular weight is 274 g/mol. The lowest BCUT2D eigenvalue weighted by molar-refractivity contribution is 1.39. The molecule has 2 rings (SSSR count). The van der Waals surface area contributed by atoms with Gasteiger partial charge in [0.1, 0.15) is 10.9 Å². The van der Waals surface area contributed by atoms with Crippen molar-refractivity contribution in [2.75, 3.05) is 0 Å². The normalized spacial score (nSPS) is 10.2. The van der Waals surface area contributed by atoms with Crippen molar-refractivity contribution >= 4 is 49.1 Å². The molecule has 0 N–H and O–H groups in total. The van der Waals surface area contributed by atoms with Crippen LogP contribution in [0.25, 0.3) is 10.2 Å². The van der Waals surface area contributed by atoms with Crippen LogP contribution in [0.5, 0.6) is 0 Å². The molecule has 0 saturated heterocycles. The van der Waals surface area contributed by atoms with Crippen molar-refractivity contribution in [3.8, 4) is 6.07 Å². The topological polar surface area (TPSA) is 36.7 Å². The zero-order valence-corrected chi connectivity index (χ0v) is 9.37. The quantitative estimate of drug-likeness (QED) is 0.735. The summed E-state index contributed by atoms with van der Waals surface area (Å²) in [5.74, 6) is 0. The number of pyridine rings is 1. The Kier molecular flexibility index (Phi) is 2.24. The van der Waals surface area contributed by atoms with Crippen LogP contribution in [-0.4, -0.2) is 4.98 Å². The van der Waals surface area contributed by atoms with E-state index < -0.39 is 0 Å². The zero-order valence-electron chi connectivity index (χ0n) is 6.21. The minimum atomic E-state index is 0.410. The molecule has 0 spiro atoms. The van der Waals surface area contributed by atoms with E-state index >= 15 is 0 Å². The third kappa shape index (κ3) is 1.33. The SMILES string of the molecule is N#Cc1cnc2scc(Br)c2c1Cl. The van der Waals surface area contributed by atoms with Gasteiger partial charge in [-0.25, -0.2) is 4.98 Å². The molecule has 0 saturated carbocycles. The Hall–Kier alpha value is -0.630. The zero-order chi connectivity index (χ0) is 9.42. The summed E-state index contributed by atoms with van der Waals surface area (Å²) in [5, 5.41) is 11.9. The molecule has 0 aliphatic rings. The van der Waals surface area contributed by atoms with Crippen molar-refractivity contribution < 1.29 is 0 Å². The second-order valence-electron chi connectivity index (χ2n) is 2.36. The van der Waals surface area contributed by atoms with Gasteiger partial charge in [0.25, 0.3) is 0 Å². The van der Waals surface area contributed by atoms with E-state index in [-0.39, 0.29) is 0 Å². The Morgan fingerprint density at radius 2 is 2.38 bits per heavy atom. The van der Waals surface area contributed by atoms with E-state index in [1.54, 1.807) is 0 Å². The largest absolute Gasteiger partial charge is 0.244 e. The van der Waals surface area contributed by atoms with Gasteiger partial charge >= 0.3 is 0 Å². The molecule has 2 aromatic rings. The standard InChI is InChI=1S/C8H2BrClN2S/c9-5-3-13-8-6(5)7(10)4(1-11)2-12-8/h2-3H. The first-order valence-electron chi connectivity index (χ1n) is 3.35. The lowest BCUT2D eigenvalue weighted by Crippen LogP contribution is -1.80. The monoisotopic (exact) mass is 272 g/mol. The summed E-state index contributed by atoms with van der Waals surface area (Å²) in [5.41, 5.74) is 0.410. The van der Waals surface area contributed by atoms with Crippen LogP contribution in [0.1, 0.15) is 5.56 Å². The first-order valence-corrected chi connectivity index (χ1v) is 5.40. The van der Waals surface area contributed by atoms with Crippen LogP contribution in [0.15, 0.2) is 16.0 Å². The highest BCUT2D eigenvalue weighted by Gasteiger charge is 2.10. The third-order valence-electron chi connectivity index (χ3n) is 1.61. The Labute approximate surface area is 91.9 Å². The molecule has 0 bridgehead atoms. The number of nitrogens with zero attached hydrogens (tertiary/aromatic N) is 2. The summed E-state index contributed by atoms with van der Waals surface area (Å²) >= 11 is 10.9. The summed E-state index contributed by atoms with van der Waals surface area (Å²) in [6, 6.07) is 1.99. The summed E-state index contributed by atoms with van der Waals surface area (Å²) in [7, 11) is 0. The first kappa shape index (κ1) is 8.95. The lowest BCUT2D eigenvalue weighted by Gasteiger charge is -1.95. The molecule has 0 aliphatic heterocycles. The number of rotatable bonds is 0. The highest BCUT2D eigenvalue weighted by molar-refractivity contribution is 9.10. The highest BCUT2D eigenvalue weighted by Crippen LogP contribution is 2.35. The van der Waals surface area contributed by atoms with Gasteiger partial charge in [0.05, 0.1) is 10.6 Å². The molecule has 0 radical (unpaired) electrons. The molecule has 13 heavy (non-hydrogen) atoms. The fourth-order valence-corrected chi connectivity index (χ4v) is 3.04. The second-order valence-corrected chi connectivity index (χ2v) is 4.45. The molecule has 0 amide bonds. The van der Waals surface area contributed by atoms with E-state index in [4.69, 9.17) is 16.9 Å². The van der Waals surface area contributed by atoms with E-state index in [2.05, 4.69) is 20.9 Å². The molecule has 5 heteroatoms. The van der Waals surface area contributed by atoms with E-state index in [1.807, 2.05) is 11.4 Å². The Morgan fingerprint density at radius 1 is 1.62 bits per heavy atom. The summed E-state index contributed by atoms with van der Waals surface area (Å²) in [6.07, 6.45) is 1.49. The average Bonchev–Trinajstić information content (AvgIpc) is 2.49. The molecule has 2 nitrogen and oxygen atoms in total. The maximum Gasteiger partial charge on any atom is 0.125 e. The maximum atomic E-state index is 8.72. The molecular formula is C8H2BrClN2S. The number of fused-ring (bicyclic) bond motifs is 1. The fourth-order valence-electron chi connectivity index (χ4n) is 1.01. The van der Waals surface area contributed by atoms with Crippen molar-refractivity contribution in [3.05, 3.63) is 26.6 Å². The minimum absolute atomic E-state index is 0.410. The van der Waals surface area contributed by atoms with Crippen molar-refractivity contribution in [3.63, 3.8) is 0 Å². The van der Waals surface area contributed by atoms with Gasteiger partial charge in [-0.1, -0.05) is 11.6 Å². The van der Waals surface area contributed by atoms with Crippen molar-refractivity contribution in [1.82, 2.24) is 4.98 Å². The van der Waals surface area contributed by atoms with Gasteiger partial charge in [0, 0.05) is 21.4 Å². The first-order chi connectivity index (χ1) is 6.24. The van der Waals surface area contributed by atoms with Crippen LogP contribution in [0.2, 0.25) is 5.02 Å². The molecular weight excluding hydrogens is 272 g/mol. The predicted octanol–water partition coefficient (Wildman–Crippen LogP) is 3.58. The van der Waals surface area contributed by atoms with Gasteiger partial charge < -0.3 is 0 Å². The molecule has 0 atom stereocenters. The van der Waals surface area contributed by atoms with Crippen LogP contribution >= 0.6 is 38.9 Å². The molecule has 64 valence electrons. The van der Waals surface area contributed by atoms with Crippen LogP contribution in [0, 0.1) is 11.3 Å². The van der Waals surface area contributed by atoms with Gasteiger partial charge in [-0.15, -0.1) is 11.3 Å². The smallest absolute Gasteiger partial charge is 0.125 e. The Morgan fingerprint density at radius 3 is 3.08 bits per heavy atom. The van der Waals surface area contributed by atoms with Gasteiger partial charge in [0.15, 0.2) is 0 Å². The van der Waals surface area contributed by atoms with Crippen molar-refractivity contribution in [2.45, 2.75) is 0 Å². The fraction of sp³-hybridized carbons (Fsp3) is 0. The summed E-state index contributed by atoms with van der Waals surface area (Å²) in [4.78, 5) is 4.96. The second kappa shape index (κ2) is 3.26. The van der Waals surface area contributed by atoms with E-state index in [0.29, 0.717) is 10.6 Å². The number of nitriles is 1. The molecule has 2 heterocycles. The van der Waals surface area contributed by atoms with Crippen LogP contribution < -0.4 is 0 Å². The summed E-state index contributed by atoms with van der Waals surface area (Å²) < 4.78 is 0.891. The summed E-state index contributed by atoms with van der Waals surface area (Å²) in [6.45, 7) is 0. The minimum Gasteiger partial charge on any atom is -0.244 e. The number of hydrogen-bond acceptors (Lipinski definition) is 3. The van der Waals surface area contributed by atoms with E-state index in [1.165, 1.54) is 17.5 Å².